The van der Waals surface area contributed by atoms with Gasteiger partial charge in [0.15, 0.2) is 23.0 Å². The second kappa shape index (κ2) is 16.6. The largest absolute Gasteiger partial charge is 0.493 e. The lowest BCUT2D eigenvalue weighted by Gasteiger charge is -2.13. The molecular formula is C26H35ClO9. The third-order valence-corrected chi connectivity index (χ3v) is 5.17. The van der Waals surface area contributed by atoms with Crippen molar-refractivity contribution < 1.29 is 43.1 Å². The standard InChI is InChI=1S/C13H17ClO4.C13H18O5/c2*1-9-7-11(17-3)12(8-10(9)13(14)15)18-6-4-5-16-2/h7-8H,4-6H2,1-3H3;7-8H,4-6H2,1-3H3,(H,14,15). The summed E-state index contributed by atoms with van der Waals surface area (Å²) in [4.78, 5) is 22.3. The fourth-order valence-electron chi connectivity index (χ4n) is 3.08. The lowest BCUT2D eigenvalue weighted by atomic mass is 10.1. The highest BCUT2D eigenvalue weighted by molar-refractivity contribution is 6.68. The molecule has 2 rings (SSSR count). The first kappa shape index (κ1) is 31.0. The zero-order valence-electron chi connectivity index (χ0n) is 21.6. The summed E-state index contributed by atoms with van der Waals surface area (Å²) >= 11 is 5.50. The van der Waals surface area contributed by atoms with Crippen LogP contribution in [0.5, 0.6) is 23.0 Å². The molecule has 200 valence electrons. The quantitative estimate of drug-likeness (QED) is 0.271. The molecule has 0 aliphatic heterocycles. The van der Waals surface area contributed by atoms with Crippen LogP contribution < -0.4 is 18.9 Å². The van der Waals surface area contributed by atoms with E-state index in [1.165, 1.54) is 13.2 Å². The third kappa shape index (κ3) is 9.93. The number of ether oxygens (including phenoxy) is 6. The molecule has 0 bridgehead atoms. The van der Waals surface area contributed by atoms with Crippen LogP contribution in [0.3, 0.4) is 0 Å². The minimum atomic E-state index is -0.975. The van der Waals surface area contributed by atoms with Crippen LogP contribution in [0.4, 0.5) is 0 Å². The molecule has 2 aromatic carbocycles. The molecule has 0 unspecified atom stereocenters. The van der Waals surface area contributed by atoms with Gasteiger partial charge < -0.3 is 33.5 Å². The number of aryl methyl sites for hydroxylation is 2. The molecule has 0 aliphatic carbocycles. The van der Waals surface area contributed by atoms with Crippen molar-refractivity contribution >= 4 is 22.8 Å². The van der Waals surface area contributed by atoms with Gasteiger partial charge in [-0.2, -0.15) is 0 Å². The van der Waals surface area contributed by atoms with Crippen molar-refractivity contribution in [3.05, 3.63) is 46.5 Å². The lowest BCUT2D eigenvalue weighted by Crippen LogP contribution is -2.06. The fourth-order valence-corrected chi connectivity index (χ4v) is 3.28. The van der Waals surface area contributed by atoms with Gasteiger partial charge in [-0.1, -0.05) is 0 Å². The molecule has 36 heavy (non-hydrogen) atoms. The number of methoxy groups -OCH3 is 4. The number of hydrogen-bond acceptors (Lipinski definition) is 8. The molecule has 0 heterocycles. The lowest BCUT2D eigenvalue weighted by molar-refractivity contribution is 0.0695. The number of carbonyl (C=O) groups is 2. The number of halogens is 1. The molecule has 0 saturated carbocycles. The van der Waals surface area contributed by atoms with Crippen LogP contribution >= 0.6 is 11.6 Å². The van der Waals surface area contributed by atoms with Crippen LogP contribution in [-0.4, -0.2) is 71.2 Å². The second-order valence-corrected chi connectivity index (χ2v) is 7.95. The molecule has 0 aromatic heterocycles. The van der Waals surface area contributed by atoms with Crippen LogP contribution in [0.15, 0.2) is 24.3 Å². The molecule has 0 fully saturated rings. The summed E-state index contributed by atoms with van der Waals surface area (Å²) in [5.74, 6) is 1.11. The van der Waals surface area contributed by atoms with Gasteiger partial charge in [0.05, 0.1) is 33.0 Å². The van der Waals surface area contributed by atoms with Crippen molar-refractivity contribution in [2.75, 3.05) is 54.9 Å². The summed E-state index contributed by atoms with van der Waals surface area (Å²) in [6.07, 6.45) is 1.49. The van der Waals surface area contributed by atoms with Gasteiger partial charge in [0.2, 0.25) is 0 Å². The molecule has 10 heteroatoms. The molecule has 1 N–H and O–H groups in total. The maximum atomic E-state index is 11.2. The van der Waals surface area contributed by atoms with Gasteiger partial charge in [-0.3, -0.25) is 4.79 Å². The van der Waals surface area contributed by atoms with E-state index >= 15 is 0 Å². The van der Waals surface area contributed by atoms with Gasteiger partial charge in [-0.25, -0.2) is 4.79 Å². The Balaban J connectivity index is 0.000000360. The van der Waals surface area contributed by atoms with Gasteiger partial charge in [-0.15, -0.1) is 0 Å². The van der Waals surface area contributed by atoms with Crippen LogP contribution in [0.1, 0.15) is 44.7 Å². The average molecular weight is 527 g/mol. The van der Waals surface area contributed by atoms with E-state index in [1.54, 1.807) is 53.4 Å². The first-order valence-corrected chi connectivity index (χ1v) is 11.6. The molecule has 0 atom stereocenters. The Morgan fingerprint density at radius 2 is 1.11 bits per heavy atom. The number of carboxylic acids is 1. The number of hydrogen-bond donors (Lipinski definition) is 1. The highest BCUT2D eigenvalue weighted by Gasteiger charge is 2.14. The summed E-state index contributed by atoms with van der Waals surface area (Å²) in [5, 5.41) is 8.54. The van der Waals surface area contributed by atoms with Crippen LogP contribution in [0.25, 0.3) is 0 Å². The minimum Gasteiger partial charge on any atom is -0.493 e. The van der Waals surface area contributed by atoms with Gasteiger partial charge in [0, 0.05) is 45.8 Å². The molecule has 9 nitrogen and oxygen atoms in total. The first-order chi connectivity index (χ1) is 17.2. The smallest absolute Gasteiger partial charge is 0.336 e. The Hall–Kier alpha value is -3.01. The predicted molar refractivity (Wildman–Crippen MR) is 137 cm³/mol. The molecule has 2 aromatic rings. The number of carbonyl (C=O) groups excluding carboxylic acids is 1. The van der Waals surface area contributed by atoms with Crippen molar-refractivity contribution in [3.63, 3.8) is 0 Å². The number of carboxylic acid groups (broad SMARTS) is 1. The SMILES string of the molecule is COCCCOc1cc(C(=O)Cl)c(C)cc1OC.COCCCOc1cc(C(=O)O)c(C)cc1OC. The highest BCUT2D eigenvalue weighted by Crippen LogP contribution is 2.32. The van der Waals surface area contributed by atoms with Crippen molar-refractivity contribution in [3.8, 4) is 23.0 Å². The topological polar surface area (TPSA) is 110 Å². The van der Waals surface area contributed by atoms with Gasteiger partial charge in [0.25, 0.3) is 5.24 Å². The maximum absolute atomic E-state index is 11.2. The third-order valence-electron chi connectivity index (χ3n) is 4.96. The summed E-state index contributed by atoms with van der Waals surface area (Å²) in [7, 11) is 6.34. The first-order valence-electron chi connectivity index (χ1n) is 11.2. The molecule has 0 radical (unpaired) electrons. The van der Waals surface area contributed by atoms with Crippen LogP contribution in [-0.2, 0) is 9.47 Å². The number of aromatic carboxylic acids is 1. The van der Waals surface area contributed by atoms with E-state index in [2.05, 4.69) is 0 Å². The zero-order valence-corrected chi connectivity index (χ0v) is 22.4. The Morgan fingerprint density at radius 1 is 0.694 bits per heavy atom. The fraction of sp³-hybridized carbons (Fsp3) is 0.462. The van der Waals surface area contributed by atoms with Crippen molar-refractivity contribution in [1.29, 1.82) is 0 Å². The highest BCUT2D eigenvalue weighted by atomic mass is 35.5. The van der Waals surface area contributed by atoms with Crippen molar-refractivity contribution in [2.45, 2.75) is 26.7 Å². The Labute approximate surface area is 217 Å². The van der Waals surface area contributed by atoms with E-state index < -0.39 is 11.2 Å². The van der Waals surface area contributed by atoms with E-state index in [9.17, 15) is 9.59 Å². The van der Waals surface area contributed by atoms with Gasteiger partial charge in [0.1, 0.15) is 0 Å². The normalized spacial score (nSPS) is 10.2. The van der Waals surface area contributed by atoms with E-state index in [0.29, 0.717) is 60.6 Å². The summed E-state index contributed by atoms with van der Waals surface area (Å²) < 4.78 is 31.3. The monoisotopic (exact) mass is 526 g/mol. The van der Waals surface area contributed by atoms with Gasteiger partial charge >= 0.3 is 5.97 Å². The summed E-state index contributed by atoms with van der Waals surface area (Å²) in [6, 6.07) is 6.50. The second-order valence-electron chi connectivity index (χ2n) is 7.60. The molecule has 0 amide bonds. The van der Waals surface area contributed by atoms with Crippen molar-refractivity contribution in [2.24, 2.45) is 0 Å². The number of rotatable bonds is 14. The Bertz CT molecular complexity index is 912. The molecular weight excluding hydrogens is 492 g/mol. The van der Waals surface area contributed by atoms with E-state index in [-0.39, 0.29) is 5.56 Å². The summed E-state index contributed by atoms with van der Waals surface area (Å²) in [6.45, 7) is 5.68. The van der Waals surface area contributed by atoms with Crippen LogP contribution in [0.2, 0.25) is 0 Å². The molecule has 0 spiro atoms. The van der Waals surface area contributed by atoms with E-state index in [4.69, 9.17) is 45.1 Å². The molecule has 0 saturated heterocycles. The zero-order chi connectivity index (χ0) is 27.1. The van der Waals surface area contributed by atoms with E-state index in [1.807, 2.05) is 0 Å². The Morgan fingerprint density at radius 3 is 1.47 bits per heavy atom. The number of benzene rings is 2. The predicted octanol–water partition coefficient (Wildman–Crippen LogP) is 4.92. The van der Waals surface area contributed by atoms with Crippen molar-refractivity contribution in [1.82, 2.24) is 0 Å². The average Bonchev–Trinajstić information content (AvgIpc) is 2.85. The molecule has 0 aliphatic rings. The van der Waals surface area contributed by atoms with E-state index in [0.717, 1.165) is 18.4 Å². The van der Waals surface area contributed by atoms with Crippen LogP contribution in [0, 0.1) is 13.8 Å². The Kier molecular flexibility index (Phi) is 14.3. The van der Waals surface area contributed by atoms with Gasteiger partial charge in [-0.05, 0) is 60.8 Å². The minimum absolute atomic E-state index is 0.220. The summed E-state index contributed by atoms with van der Waals surface area (Å²) in [5.41, 5.74) is 2.05. The maximum Gasteiger partial charge on any atom is 0.336 e.